The lowest BCUT2D eigenvalue weighted by atomic mass is 10.2. The molecule has 0 atom stereocenters. The number of ether oxygens (including phenoxy) is 1. The molecule has 0 amide bonds. The summed E-state index contributed by atoms with van der Waals surface area (Å²) in [5, 5.41) is 0.561. The molecule has 0 spiro atoms. The van der Waals surface area contributed by atoms with Crippen LogP contribution in [0.15, 0.2) is 82.5 Å². The van der Waals surface area contributed by atoms with Crippen molar-refractivity contribution >= 4 is 50.7 Å². The van der Waals surface area contributed by atoms with Crippen molar-refractivity contribution in [1.29, 1.82) is 0 Å². The molecule has 0 N–H and O–H groups in total. The number of thiazole rings is 1. The van der Waals surface area contributed by atoms with Gasteiger partial charge in [0.05, 0.1) is 15.6 Å². The Morgan fingerprint density at radius 3 is 2.55 bits per heavy atom. The smallest absolute Gasteiger partial charge is 0.274 e. The lowest BCUT2D eigenvalue weighted by molar-refractivity contribution is 0.461. The van der Waals surface area contributed by atoms with E-state index in [1.54, 1.807) is 53.1 Å². The van der Waals surface area contributed by atoms with Gasteiger partial charge in [-0.25, -0.2) is 9.38 Å². The standard InChI is InChI=1S/C24H13ClN4O3S/c25-14-8-10-15(11-9-14)32-21-16(22(30)28-12-4-3-7-20(28)27-21)13-19-23(31)29-18-6-2-1-5-17(18)26-24(29)33-19/h1-13H. The van der Waals surface area contributed by atoms with Crippen molar-refractivity contribution in [2.45, 2.75) is 0 Å². The Labute approximate surface area is 194 Å². The third-order valence-corrected chi connectivity index (χ3v) is 6.40. The molecular weight excluding hydrogens is 460 g/mol. The van der Waals surface area contributed by atoms with Crippen LogP contribution in [0.2, 0.25) is 5.02 Å². The number of fused-ring (bicyclic) bond motifs is 4. The van der Waals surface area contributed by atoms with Gasteiger partial charge in [0.25, 0.3) is 11.1 Å². The first-order chi connectivity index (χ1) is 16.1. The van der Waals surface area contributed by atoms with Gasteiger partial charge >= 0.3 is 0 Å². The summed E-state index contributed by atoms with van der Waals surface area (Å²) in [6.07, 6.45) is 3.15. The quantitative estimate of drug-likeness (QED) is 0.390. The molecule has 4 heterocycles. The molecule has 0 bridgehead atoms. The van der Waals surface area contributed by atoms with Crippen molar-refractivity contribution in [3.63, 3.8) is 0 Å². The molecule has 4 aromatic heterocycles. The Balaban J connectivity index is 1.61. The van der Waals surface area contributed by atoms with E-state index in [1.807, 2.05) is 24.3 Å². The molecule has 0 aliphatic heterocycles. The molecule has 6 rings (SSSR count). The highest BCUT2D eigenvalue weighted by molar-refractivity contribution is 7.15. The first-order valence-electron chi connectivity index (χ1n) is 9.95. The molecule has 33 heavy (non-hydrogen) atoms. The highest BCUT2D eigenvalue weighted by atomic mass is 35.5. The average molecular weight is 473 g/mol. The van der Waals surface area contributed by atoms with Gasteiger partial charge in [-0.2, -0.15) is 4.98 Å². The first kappa shape index (κ1) is 19.7. The second-order valence-corrected chi connectivity index (χ2v) is 8.70. The Kier molecular flexibility index (Phi) is 4.49. The van der Waals surface area contributed by atoms with Crippen LogP contribution in [-0.2, 0) is 0 Å². The summed E-state index contributed by atoms with van der Waals surface area (Å²) in [6, 6.07) is 19.4. The SMILES string of the molecule is O=c1c(C=c2sc3nc4ccccc4n3c2=O)c(Oc2ccc(Cl)cc2)nc2ccccn12. The lowest BCUT2D eigenvalue weighted by Crippen LogP contribution is -2.25. The second-order valence-electron chi connectivity index (χ2n) is 7.25. The van der Waals surface area contributed by atoms with Crippen molar-refractivity contribution in [3.8, 4) is 11.6 Å². The fraction of sp³-hybridized carbons (Fsp3) is 0. The van der Waals surface area contributed by atoms with Crippen LogP contribution in [0.4, 0.5) is 0 Å². The van der Waals surface area contributed by atoms with Crippen molar-refractivity contribution in [1.82, 2.24) is 18.8 Å². The molecule has 0 fully saturated rings. The molecule has 0 aliphatic rings. The predicted molar refractivity (Wildman–Crippen MR) is 129 cm³/mol. The van der Waals surface area contributed by atoms with E-state index in [1.165, 1.54) is 21.8 Å². The number of para-hydroxylation sites is 2. The highest BCUT2D eigenvalue weighted by Crippen LogP contribution is 2.24. The largest absolute Gasteiger partial charge is 0.438 e. The number of nitrogens with zero attached hydrogens (tertiary/aromatic N) is 4. The van der Waals surface area contributed by atoms with Crippen molar-refractivity contribution < 1.29 is 4.74 Å². The van der Waals surface area contributed by atoms with Crippen LogP contribution >= 0.6 is 22.9 Å². The van der Waals surface area contributed by atoms with Crippen LogP contribution < -0.4 is 20.4 Å². The van der Waals surface area contributed by atoms with Gasteiger partial charge in [0.2, 0.25) is 5.88 Å². The van der Waals surface area contributed by atoms with Crippen LogP contribution in [0.5, 0.6) is 11.6 Å². The number of rotatable bonds is 3. The van der Waals surface area contributed by atoms with E-state index in [2.05, 4.69) is 9.97 Å². The first-order valence-corrected chi connectivity index (χ1v) is 11.1. The zero-order valence-corrected chi connectivity index (χ0v) is 18.4. The molecule has 6 aromatic rings. The van der Waals surface area contributed by atoms with Crippen LogP contribution in [0, 0.1) is 0 Å². The number of halogens is 1. The maximum absolute atomic E-state index is 13.3. The minimum Gasteiger partial charge on any atom is -0.438 e. The van der Waals surface area contributed by atoms with Gasteiger partial charge < -0.3 is 4.74 Å². The summed E-state index contributed by atoms with van der Waals surface area (Å²) in [5.41, 5.74) is 1.46. The predicted octanol–water partition coefficient (Wildman–Crippen LogP) is 3.91. The Morgan fingerprint density at radius 1 is 0.909 bits per heavy atom. The van der Waals surface area contributed by atoms with Crippen LogP contribution in [0.1, 0.15) is 5.56 Å². The normalized spacial score (nSPS) is 12.2. The fourth-order valence-electron chi connectivity index (χ4n) is 3.64. The molecule has 0 saturated carbocycles. The molecule has 160 valence electrons. The number of hydrogen-bond donors (Lipinski definition) is 0. The third-order valence-electron chi connectivity index (χ3n) is 5.18. The van der Waals surface area contributed by atoms with Gasteiger partial charge in [-0.3, -0.25) is 14.0 Å². The van der Waals surface area contributed by atoms with E-state index in [4.69, 9.17) is 16.3 Å². The molecule has 2 aromatic carbocycles. The van der Waals surface area contributed by atoms with Crippen LogP contribution in [0.3, 0.4) is 0 Å². The number of aromatic nitrogens is 4. The van der Waals surface area contributed by atoms with E-state index in [0.717, 1.165) is 11.0 Å². The van der Waals surface area contributed by atoms with Gasteiger partial charge in [0.15, 0.2) is 4.96 Å². The maximum Gasteiger partial charge on any atom is 0.274 e. The van der Waals surface area contributed by atoms with Gasteiger partial charge in [-0.05, 0) is 54.6 Å². The summed E-state index contributed by atoms with van der Waals surface area (Å²) in [4.78, 5) is 36.2. The fourth-order valence-corrected chi connectivity index (χ4v) is 4.74. The Morgan fingerprint density at radius 2 is 1.70 bits per heavy atom. The van der Waals surface area contributed by atoms with E-state index in [9.17, 15) is 9.59 Å². The molecule has 0 saturated heterocycles. The number of hydrogen-bond acceptors (Lipinski definition) is 6. The van der Waals surface area contributed by atoms with Crippen molar-refractivity contribution in [2.24, 2.45) is 0 Å². The zero-order valence-electron chi connectivity index (χ0n) is 16.8. The Hall–Kier alpha value is -4.01. The van der Waals surface area contributed by atoms with E-state index >= 15 is 0 Å². The minimum atomic E-state index is -0.347. The van der Waals surface area contributed by atoms with Crippen molar-refractivity contribution in [3.05, 3.63) is 109 Å². The van der Waals surface area contributed by atoms with E-state index in [0.29, 0.717) is 25.9 Å². The average Bonchev–Trinajstić information content (AvgIpc) is 3.34. The maximum atomic E-state index is 13.3. The topological polar surface area (TPSA) is 78.0 Å². The van der Waals surface area contributed by atoms with E-state index in [-0.39, 0.29) is 22.6 Å². The van der Waals surface area contributed by atoms with Gasteiger partial charge in [-0.15, -0.1) is 0 Å². The molecular formula is C24H13ClN4O3S. The number of imidazole rings is 1. The number of pyridine rings is 1. The van der Waals surface area contributed by atoms with E-state index < -0.39 is 0 Å². The molecule has 0 radical (unpaired) electrons. The van der Waals surface area contributed by atoms with Gasteiger partial charge in [-0.1, -0.05) is 41.1 Å². The second kappa shape index (κ2) is 7.54. The lowest BCUT2D eigenvalue weighted by Gasteiger charge is -2.09. The third kappa shape index (κ3) is 3.27. The molecule has 9 heteroatoms. The summed E-state index contributed by atoms with van der Waals surface area (Å²) in [5.74, 6) is 0.569. The summed E-state index contributed by atoms with van der Waals surface area (Å²) < 4.78 is 9.29. The Bertz CT molecular complexity index is 1860. The molecule has 0 unspecified atom stereocenters. The van der Waals surface area contributed by atoms with Crippen LogP contribution in [-0.4, -0.2) is 18.8 Å². The monoisotopic (exact) mass is 472 g/mol. The summed E-state index contributed by atoms with van der Waals surface area (Å²) in [7, 11) is 0. The summed E-state index contributed by atoms with van der Waals surface area (Å²) in [6.45, 7) is 0. The van der Waals surface area contributed by atoms with Gasteiger partial charge in [0, 0.05) is 11.2 Å². The number of benzene rings is 2. The van der Waals surface area contributed by atoms with Crippen molar-refractivity contribution in [2.75, 3.05) is 0 Å². The zero-order chi connectivity index (χ0) is 22.5. The highest BCUT2D eigenvalue weighted by Gasteiger charge is 2.16. The van der Waals surface area contributed by atoms with Crippen LogP contribution in [0.25, 0.3) is 27.7 Å². The van der Waals surface area contributed by atoms with Gasteiger partial charge in [0.1, 0.15) is 17.0 Å². The minimum absolute atomic E-state index is 0.101. The molecule has 7 nitrogen and oxygen atoms in total. The summed E-state index contributed by atoms with van der Waals surface area (Å²) >= 11 is 7.18. The molecule has 0 aliphatic carbocycles.